The van der Waals surface area contributed by atoms with E-state index in [0.29, 0.717) is 11.1 Å². The van der Waals surface area contributed by atoms with Crippen LogP contribution in [0.1, 0.15) is 15.9 Å². The third-order valence-corrected chi connectivity index (χ3v) is 4.17. The quantitative estimate of drug-likeness (QED) is 0.267. The molecule has 3 aromatic rings. The Bertz CT molecular complexity index is 980. The van der Waals surface area contributed by atoms with Gasteiger partial charge in [-0.25, -0.2) is 0 Å². The molecule has 28 heavy (non-hydrogen) atoms. The van der Waals surface area contributed by atoms with E-state index in [1.165, 1.54) is 24.3 Å². The standard InChI is InChI=1S/C22H17NO5/c24-21(19-10-8-18(9-11-19)17-4-2-1-3-5-17)15-28-22(25)14-16-6-12-20(13-7-16)23(26)27/h1-13H,14-15H2. The highest BCUT2D eigenvalue weighted by molar-refractivity contribution is 5.98. The van der Waals surface area contributed by atoms with Gasteiger partial charge in [-0.2, -0.15) is 0 Å². The minimum absolute atomic E-state index is 0.0498. The van der Waals surface area contributed by atoms with Crippen molar-refractivity contribution in [1.82, 2.24) is 0 Å². The largest absolute Gasteiger partial charge is 0.457 e. The molecule has 0 bridgehead atoms. The lowest BCUT2D eigenvalue weighted by atomic mass is 10.0. The molecule has 140 valence electrons. The highest BCUT2D eigenvalue weighted by Gasteiger charge is 2.12. The molecule has 0 saturated heterocycles. The second-order valence-corrected chi connectivity index (χ2v) is 6.13. The molecule has 0 spiro atoms. The van der Waals surface area contributed by atoms with E-state index in [9.17, 15) is 19.7 Å². The number of carbonyl (C=O) groups excluding carboxylic acids is 2. The lowest BCUT2D eigenvalue weighted by Gasteiger charge is -2.06. The molecule has 0 aliphatic heterocycles. The Morgan fingerprint density at radius 1 is 0.821 bits per heavy atom. The number of esters is 1. The van der Waals surface area contributed by atoms with Gasteiger partial charge in [0.15, 0.2) is 12.4 Å². The first-order valence-corrected chi connectivity index (χ1v) is 8.60. The number of carbonyl (C=O) groups is 2. The average Bonchev–Trinajstić information content (AvgIpc) is 2.73. The monoisotopic (exact) mass is 375 g/mol. The Labute approximate surface area is 161 Å². The molecule has 0 N–H and O–H groups in total. The van der Waals surface area contributed by atoms with Crippen molar-refractivity contribution >= 4 is 17.4 Å². The molecule has 0 saturated carbocycles. The normalized spacial score (nSPS) is 10.3. The van der Waals surface area contributed by atoms with Gasteiger partial charge in [-0.3, -0.25) is 19.7 Å². The zero-order chi connectivity index (χ0) is 19.9. The van der Waals surface area contributed by atoms with Gasteiger partial charge in [0.05, 0.1) is 11.3 Å². The van der Waals surface area contributed by atoms with E-state index >= 15 is 0 Å². The number of non-ortho nitro benzene ring substituents is 1. The second kappa shape index (κ2) is 8.73. The first-order valence-electron chi connectivity index (χ1n) is 8.60. The molecule has 0 heterocycles. The van der Waals surface area contributed by atoms with E-state index in [1.807, 2.05) is 42.5 Å². The van der Waals surface area contributed by atoms with Crippen LogP contribution in [0.25, 0.3) is 11.1 Å². The van der Waals surface area contributed by atoms with E-state index in [1.54, 1.807) is 12.1 Å². The third kappa shape index (κ3) is 4.88. The molecule has 0 aromatic heterocycles. The molecule has 0 fully saturated rings. The summed E-state index contributed by atoms with van der Waals surface area (Å²) < 4.78 is 5.03. The van der Waals surface area contributed by atoms with Crippen molar-refractivity contribution in [2.75, 3.05) is 6.61 Å². The molecule has 6 heteroatoms. The van der Waals surface area contributed by atoms with Gasteiger partial charge in [-0.15, -0.1) is 0 Å². The fraction of sp³-hybridized carbons (Fsp3) is 0.0909. The summed E-state index contributed by atoms with van der Waals surface area (Å²) in [6, 6.07) is 22.5. The maximum absolute atomic E-state index is 12.2. The van der Waals surface area contributed by atoms with Crippen molar-refractivity contribution in [3.8, 4) is 11.1 Å². The van der Waals surface area contributed by atoms with Crippen LogP contribution in [0.5, 0.6) is 0 Å². The summed E-state index contributed by atoms with van der Waals surface area (Å²) in [5.74, 6) is -0.861. The van der Waals surface area contributed by atoms with E-state index < -0.39 is 10.9 Å². The fourth-order valence-corrected chi connectivity index (χ4v) is 2.66. The topological polar surface area (TPSA) is 86.5 Å². The smallest absolute Gasteiger partial charge is 0.310 e. The van der Waals surface area contributed by atoms with Crippen LogP contribution in [-0.2, 0) is 16.0 Å². The van der Waals surface area contributed by atoms with Gasteiger partial charge in [-0.1, -0.05) is 66.7 Å². The Balaban J connectivity index is 1.53. The van der Waals surface area contributed by atoms with Crippen molar-refractivity contribution in [1.29, 1.82) is 0 Å². The van der Waals surface area contributed by atoms with Crippen LogP contribution >= 0.6 is 0 Å². The first kappa shape index (κ1) is 19.0. The lowest BCUT2D eigenvalue weighted by Crippen LogP contribution is -2.15. The molecule has 6 nitrogen and oxygen atoms in total. The van der Waals surface area contributed by atoms with Gasteiger partial charge in [0.1, 0.15) is 0 Å². The number of benzene rings is 3. The Kier molecular flexibility index (Phi) is 5.91. The van der Waals surface area contributed by atoms with E-state index in [-0.39, 0.29) is 24.5 Å². The minimum atomic E-state index is -0.567. The molecule has 0 radical (unpaired) electrons. The van der Waals surface area contributed by atoms with Gasteiger partial charge in [0.25, 0.3) is 5.69 Å². The van der Waals surface area contributed by atoms with Crippen molar-refractivity contribution in [3.05, 3.63) is 100 Å². The van der Waals surface area contributed by atoms with E-state index in [2.05, 4.69) is 0 Å². The number of nitro benzene ring substituents is 1. The summed E-state index contributed by atoms with van der Waals surface area (Å²) in [6.45, 7) is -0.351. The molecule has 0 atom stereocenters. The Morgan fingerprint density at radius 2 is 1.43 bits per heavy atom. The SMILES string of the molecule is O=C(Cc1ccc([N+](=O)[O-])cc1)OCC(=O)c1ccc(-c2ccccc2)cc1. The summed E-state index contributed by atoms with van der Waals surface area (Å²) in [7, 11) is 0. The number of nitrogens with zero attached hydrogens (tertiary/aromatic N) is 1. The number of ketones is 1. The number of nitro groups is 1. The van der Waals surface area contributed by atoms with Crippen LogP contribution in [0.2, 0.25) is 0 Å². The molecular weight excluding hydrogens is 358 g/mol. The van der Waals surface area contributed by atoms with Crippen LogP contribution < -0.4 is 0 Å². The predicted octanol–water partition coefficient (Wildman–Crippen LogP) is 4.23. The van der Waals surface area contributed by atoms with Gasteiger partial charge in [0, 0.05) is 17.7 Å². The fourth-order valence-electron chi connectivity index (χ4n) is 2.66. The summed E-state index contributed by atoms with van der Waals surface area (Å²) in [6.07, 6.45) is -0.0573. The van der Waals surface area contributed by atoms with Crippen LogP contribution in [0.15, 0.2) is 78.9 Å². The average molecular weight is 375 g/mol. The van der Waals surface area contributed by atoms with Crippen LogP contribution in [-0.4, -0.2) is 23.3 Å². The highest BCUT2D eigenvalue weighted by atomic mass is 16.6. The van der Waals surface area contributed by atoms with Gasteiger partial charge < -0.3 is 4.74 Å². The van der Waals surface area contributed by atoms with Crippen molar-refractivity contribution in [3.63, 3.8) is 0 Å². The van der Waals surface area contributed by atoms with Crippen LogP contribution in [0.4, 0.5) is 5.69 Å². The zero-order valence-electron chi connectivity index (χ0n) is 14.9. The molecule has 0 amide bonds. The number of rotatable bonds is 7. The summed E-state index contributed by atoms with van der Waals surface area (Å²) in [5, 5.41) is 10.6. The molecule has 3 rings (SSSR count). The zero-order valence-corrected chi connectivity index (χ0v) is 14.9. The Morgan fingerprint density at radius 3 is 2.04 bits per heavy atom. The number of hydrogen-bond acceptors (Lipinski definition) is 5. The maximum Gasteiger partial charge on any atom is 0.310 e. The lowest BCUT2D eigenvalue weighted by molar-refractivity contribution is -0.384. The van der Waals surface area contributed by atoms with E-state index in [4.69, 9.17) is 4.74 Å². The van der Waals surface area contributed by atoms with Gasteiger partial charge in [-0.05, 0) is 16.7 Å². The summed E-state index contributed by atoms with van der Waals surface area (Å²) in [5.41, 5.74) is 3.03. The summed E-state index contributed by atoms with van der Waals surface area (Å²) >= 11 is 0. The molecular formula is C22H17NO5. The predicted molar refractivity (Wildman–Crippen MR) is 104 cm³/mol. The van der Waals surface area contributed by atoms with Crippen molar-refractivity contribution < 1.29 is 19.2 Å². The van der Waals surface area contributed by atoms with Crippen LogP contribution in [0.3, 0.4) is 0 Å². The molecule has 3 aromatic carbocycles. The molecule has 0 aliphatic carbocycles. The number of ether oxygens (including phenoxy) is 1. The van der Waals surface area contributed by atoms with E-state index in [0.717, 1.165) is 11.1 Å². The van der Waals surface area contributed by atoms with Gasteiger partial charge >= 0.3 is 5.97 Å². The Hall–Kier alpha value is -3.80. The number of hydrogen-bond donors (Lipinski definition) is 0. The maximum atomic E-state index is 12.2. The summed E-state index contributed by atoms with van der Waals surface area (Å²) in [4.78, 5) is 34.2. The van der Waals surface area contributed by atoms with Crippen molar-refractivity contribution in [2.45, 2.75) is 6.42 Å². The molecule has 0 unspecified atom stereocenters. The minimum Gasteiger partial charge on any atom is -0.457 e. The van der Waals surface area contributed by atoms with Crippen LogP contribution in [0, 0.1) is 10.1 Å². The first-order chi connectivity index (χ1) is 13.5. The second-order valence-electron chi connectivity index (χ2n) is 6.13. The number of Topliss-reactive ketones (excluding diaryl/α,β-unsaturated/α-hetero) is 1. The third-order valence-electron chi connectivity index (χ3n) is 4.17. The van der Waals surface area contributed by atoms with Crippen molar-refractivity contribution in [2.24, 2.45) is 0 Å². The molecule has 0 aliphatic rings. The highest BCUT2D eigenvalue weighted by Crippen LogP contribution is 2.19. The van der Waals surface area contributed by atoms with Gasteiger partial charge in [0.2, 0.25) is 0 Å².